The molecule has 21 heavy (non-hydrogen) atoms. The summed E-state index contributed by atoms with van der Waals surface area (Å²) in [5.74, 6) is 1.58. The van der Waals surface area contributed by atoms with Gasteiger partial charge in [0.15, 0.2) is 0 Å². The van der Waals surface area contributed by atoms with Crippen molar-refractivity contribution < 1.29 is 4.74 Å². The van der Waals surface area contributed by atoms with E-state index in [9.17, 15) is 0 Å². The molecule has 1 nitrogen and oxygen atoms in total. The molecule has 0 aliphatic carbocycles. The standard InChI is InChI=1S/C19H15ClO/c1-14-6-5-9-17(12-14)21-19-13-16(20)10-11-18(19)15-7-3-2-4-8-15/h2-13H,1H3. The Morgan fingerprint density at radius 1 is 0.810 bits per heavy atom. The van der Waals surface area contributed by atoms with Gasteiger partial charge in [-0.15, -0.1) is 0 Å². The zero-order valence-electron chi connectivity index (χ0n) is 11.7. The van der Waals surface area contributed by atoms with Gasteiger partial charge in [0, 0.05) is 16.7 Å². The maximum Gasteiger partial charge on any atom is 0.136 e. The van der Waals surface area contributed by atoms with Gasteiger partial charge in [-0.3, -0.25) is 0 Å². The lowest BCUT2D eigenvalue weighted by Crippen LogP contribution is -1.89. The van der Waals surface area contributed by atoms with Crippen LogP contribution in [0.1, 0.15) is 5.56 Å². The number of rotatable bonds is 3. The van der Waals surface area contributed by atoms with Crippen molar-refractivity contribution >= 4 is 11.6 Å². The van der Waals surface area contributed by atoms with Gasteiger partial charge >= 0.3 is 0 Å². The van der Waals surface area contributed by atoms with Crippen molar-refractivity contribution in [1.29, 1.82) is 0 Å². The zero-order chi connectivity index (χ0) is 14.7. The maximum absolute atomic E-state index is 6.12. The molecule has 0 amide bonds. The van der Waals surface area contributed by atoms with Crippen LogP contribution >= 0.6 is 11.6 Å². The van der Waals surface area contributed by atoms with Crippen LogP contribution in [0.4, 0.5) is 0 Å². The molecule has 0 spiro atoms. The van der Waals surface area contributed by atoms with Crippen LogP contribution in [-0.2, 0) is 0 Å². The third-order valence-electron chi connectivity index (χ3n) is 3.25. The largest absolute Gasteiger partial charge is 0.457 e. The van der Waals surface area contributed by atoms with Crippen molar-refractivity contribution in [3.05, 3.63) is 83.4 Å². The first kappa shape index (κ1) is 13.7. The first-order valence-electron chi connectivity index (χ1n) is 6.82. The van der Waals surface area contributed by atoms with E-state index in [0.717, 1.165) is 28.2 Å². The highest BCUT2D eigenvalue weighted by Crippen LogP contribution is 2.35. The summed E-state index contributed by atoms with van der Waals surface area (Å²) in [5.41, 5.74) is 3.30. The Balaban J connectivity index is 2.03. The van der Waals surface area contributed by atoms with Crippen molar-refractivity contribution in [2.45, 2.75) is 6.92 Å². The van der Waals surface area contributed by atoms with Crippen molar-refractivity contribution in [3.63, 3.8) is 0 Å². The second-order valence-electron chi connectivity index (χ2n) is 4.93. The van der Waals surface area contributed by atoms with E-state index in [4.69, 9.17) is 16.3 Å². The van der Waals surface area contributed by atoms with Crippen molar-refractivity contribution in [3.8, 4) is 22.6 Å². The summed E-state index contributed by atoms with van der Waals surface area (Å²) < 4.78 is 6.04. The van der Waals surface area contributed by atoms with E-state index in [1.807, 2.05) is 67.6 Å². The molecule has 0 atom stereocenters. The lowest BCUT2D eigenvalue weighted by molar-refractivity contribution is 0.484. The fourth-order valence-corrected chi connectivity index (χ4v) is 2.40. The van der Waals surface area contributed by atoms with Gasteiger partial charge in [-0.1, -0.05) is 54.1 Å². The van der Waals surface area contributed by atoms with Crippen LogP contribution in [0.25, 0.3) is 11.1 Å². The van der Waals surface area contributed by atoms with Gasteiger partial charge in [0.05, 0.1) is 0 Å². The SMILES string of the molecule is Cc1cccc(Oc2cc(Cl)ccc2-c2ccccc2)c1. The van der Waals surface area contributed by atoms with Crippen LogP contribution in [0.2, 0.25) is 5.02 Å². The molecule has 0 saturated heterocycles. The maximum atomic E-state index is 6.12. The number of aryl methyl sites for hydroxylation is 1. The van der Waals surface area contributed by atoms with Crippen LogP contribution in [0, 0.1) is 6.92 Å². The van der Waals surface area contributed by atoms with Gasteiger partial charge in [0.1, 0.15) is 11.5 Å². The topological polar surface area (TPSA) is 9.23 Å². The fraction of sp³-hybridized carbons (Fsp3) is 0.0526. The van der Waals surface area contributed by atoms with Crippen LogP contribution in [0.15, 0.2) is 72.8 Å². The lowest BCUT2D eigenvalue weighted by atomic mass is 10.0. The summed E-state index contributed by atoms with van der Waals surface area (Å²) in [6.07, 6.45) is 0. The molecule has 3 aromatic rings. The first-order chi connectivity index (χ1) is 10.2. The molecule has 0 N–H and O–H groups in total. The Kier molecular flexibility index (Phi) is 3.94. The molecule has 0 aliphatic heterocycles. The average molecular weight is 295 g/mol. The van der Waals surface area contributed by atoms with Gasteiger partial charge in [-0.2, -0.15) is 0 Å². The van der Waals surface area contributed by atoms with Gasteiger partial charge in [0.2, 0.25) is 0 Å². The molecule has 3 aromatic carbocycles. The predicted molar refractivity (Wildman–Crippen MR) is 88.1 cm³/mol. The average Bonchev–Trinajstić information content (AvgIpc) is 2.48. The van der Waals surface area contributed by atoms with Gasteiger partial charge in [-0.25, -0.2) is 0 Å². The van der Waals surface area contributed by atoms with Gasteiger partial charge < -0.3 is 4.74 Å². The number of halogens is 1. The molecule has 0 fully saturated rings. The minimum atomic E-state index is 0.664. The van der Waals surface area contributed by atoms with Crippen LogP contribution in [-0.4, -0.2) is 0 Å². The Bertz CT molecular complexity index is 751. The van der Waals surface area contributed by atoms with Crippen molar-refractivity contribution in [2.24, 2.45) is 0 Å². The molecule has 0 saturated carbocycles. The summed E-state index contributed by atoms with van der Waals surface area (Å²) in [6, 6.07) is 23.9. The number of ether oxygens (including phenoxy) is 1. The number of hydrogen-bond acceptors (Lipinski definition) is 1. The fourth-order valence-electron chi connectivity index (χ4n) is 2.24. The Morgan fingerprint density at radius 3 is 2.38 bits per heavy atom. The van der Waals surface area contributed by atoms with Crippen LogP contribution in [0.5, 0.6) is 11.5 Å². The summed E-state index contributed by atoms with van der Waals surface area (Å²) in [6.45, 7) is 2.04. The zero-order valence-corrected chi connectivity index (χ0v) is 12.5. The number of hydrogen-bond donors (Lipinski definition) is 0. The van der Waals surface area contributed by atoms with Gasteiger partial charge in [0.25, 0.3) is 0 Å². The Hall–Kier alpha value is -2.25. The lowest BCUT2D eigenvalue weighted by Gasteiger charge is -2.12. The monoisotopic (exact) mass is 294 g/mol. The third kappa shape index (κ3) is 3.26. The molecule has 0 unspecified atom stereocenters. The molecular formula is C19H15ClO. The first-order valence-corrected chi connectivity index (χ1v) is 7.20. The summed E-state index contributed by atoms with van der Waals surface area (Å²) in [5, 5.41) is 0.664. The van der Waals surface area contributed by atoms with E-state index in [0.29, 0.717) is 5.02 Å². The molecule has 0 heterocycles. The summed E-state index contributed by atoms with van der Waals surface area (Å²) in [4.78, 5) is 0. The second kappa shape index (κ2) is 6.02. The predicted octanol–water partition coefficient (Wildman–Crippen LogP) is 6.11. The number of benzene rings is 3. The smallest absolute Gasteiger partial charge is 0.136 e. The molecule has 0 bridgehead atoms. The van der Waals surface area contributed by atoms with Gasteiger partial charge in [-0.05, 0) is 42.3 Å². The molecule has 0 radical (unpaired) electrons. The van der Waals surface area contributed by atoms with E-state index in [2.05, 4.69) is 12.1 Å². The van der Waals surface area contributed by atoms with E-state index in [-0.39, 0.29) is 0 Å². The van der Waals surface area contributed by atoms with Crippen molar-refractivity contribution in [2.75, 3.05) is 0 Å². The summed E-state index contributed by atoms with van der Waals surface area (Å²) in [7, 11) is 0. The second-order valence-corrected chi connectivity index (χ2v) is 5.36. The molecule has 0 aliphatic rings. The van der Waals surface area contributed by atoms with E-state index >= 15 is 0 Å². The minimum absolute atomic E-state index is 0.664. The van der Waals surface area contributed by atoms with E-state index in [1.54, 1.807) is 0 Å². The quantitative estimate of drug-likeness (QED) is 0.566. The molecule has 104 valence electrons. The van der Waals surface area contributed by atoms with E-state index in [1.165, 1.54) is 0 Å². The van der Waals surface area contributed by atoms with E-state index < -0.39 is 0 Å². The Morgan fingerprint density at radius 2 is 1.62 bits per heavy atom. The van der Waals surface area contributed by atoms with Crippen LogP contribution < -0.4 is 4.74 Å². The highest BCUT2D eigenvalue weighted by atomic mass is 35.5. The molecule has 2 heteroatoms. The highest BCUT2D eigenvalue weighted by Gasteiger charge is 2.08. The highest BCUT2D eigenvalue weighted by molar-refractivity contribution is 6.30. The molecule has 3 rings (SSSR count). The Labute approximate surface area is 129 Å². The molecule has 0 aromatic heterocycles. The van der Waals surface area contributed by atoms with Crippen LogP contribution in [0.3, 0.4) is 0 Å². The molecular weight excluding hydrogens is 280 g/mol. The van der Waals surface area contributed by atoms with Crippen molar-refractivity contribution in [1.82, 2.24) is 0 Å². The normalized spacial score (nSPS) is 10.4. The third-order valence-corrected chi connectivity index (χ3v) is 3.48. The minimum Gasteiger partial charge on any atom is -0.457 e. The summed E-state index contributed by atoms with van der Waals surface area (Å²) >= 11 is 6.12.